The maximum atomic E-state index is 12.4. The molecule has 19 heavy (non-hydrogen) atoms. The minimum Gasteiger partial charge on any atom is -0.320 e. The quantitative estimate of drug-likeness (QED) is 0.824. The smallest absolute Gasteiger partial charge is 0.320 e. The Balaban J connectivity index is 2.20. The van der Waals surface area contributed by atoms with Crippen LogP contribution in [0.4, 0.5) is 10.5 Å². The Morgan fingerprint density at radius 1 is 1.32 bits per heavy atom. The summed E-state index contributed by atoms with van der Waals surface area (Å²) in [5.74, 6) is 5.08. The molecule has 1 heterocycles. The van der Waals surface area contributed by atoms with Gasteiger partial charge in [-0.1, -0.05) is 18.2 Å². The van der Waals surface area contributed by atoms with Gasteiger partial charge in [-0.3, -0.25) is 4.90 Å². The zero-order valence-electron chi connectivity index (χ0n) is 11.5. The fourth-order valence-corrected chi connectivity index (χ4v) is 2.41. The molecule has 1 aliphatic rings. The van der Waals surface area contributed by atoms with Crippen LogP contribution in [0, 0.1) is 0 Å². The lowest BCUT2D eigenvalue weighted by molar-refractivity contribution is 0.141. The number of anilines is 1. The largest absolute Gasteiger partial charge is 0.324 e. The highest BCUT2D eigenvalue weighted by molar-refractivity contribution is 5.95. The second kappa shape index (κ2) is 6.04. The van der Waals surface area contributed by atoms with E-state index in [1.807, 2.05) is 47.9 Å². The van der Waals surface area contributed by atoms with Gasteiger partial charge in [-0.15, -0.1) is 0 Å². The van der Waals surface area contributed by atoms with Gasteiger partial charge in [-0.05, 0) is 31.9 Å². The molecule has 1 saturated heterocycles. The molecule has 2 amide bonds. The Kier molecular flexibility index (Phi) is 4.39. The first-order valence-corrected chi connectivity index (χ1v) is 6.63. The molecule has 0 aliphatic carbocycles. The number of nitrogens with zero attached hydrogens (tertiary/aromatic N) is 2. The lowest BCUT2D eigenvalue weighted by Gasteiger charge is -2.23. The van der Waals surface area contributed by atoms with Crippen molar-refractivity contribution in [2.45, 2.75) is 26.3 Å². The molecule has 2 rings (SSSR count). The van der Waals surface area contributed by atoms with Crippen molar-refractivity contribution in [1.82, 2.24) is 4.90 Å². The van der Waals surface area contributed by atoms with Gasteiger partial charge in [0.1, 0.15) is 0 Å². The van der Waals surface area contributed by atoms with Crippen LogP contribution < -0.4 is 10.8 Å². The van der Waals surface area contributed by atoms with Crippen LogP contribution in [0.3, 0.4) is 0 Å². The van der Waals surface area contributed by atoms with E-state index in [0.717, 1.165) is 24.3 Å². The number of rotatable bonds is 5. The number of carbonyl (C=O) groups excluding carboxylic acids is 1. The van der Waals surface area contributed by atoms with Crippen LogP contribution >= 0.6 is 0 Å². The van der Waals surface area contributed by atoms with Crippen molar-refractivity contribution >= 4 is 11.7 Å². The molecule has 0 bridgehead atoms. The first-order chi connectivity index (χ1) is 9.15. The van der Waals surface area contributed by atoms with Crippen molar-refractivity contribution in [2.24, 2.45) is 5.90 Å². The molecule has 0 aromatic heterocycles. The second-order valence-electron chi connectivity index (χ2n) is 4.97. The molecule has 0 atom stereocenters. The van der Waals surface area contributed by atoms with Gasteiger partial charge in [0.2, 0.25) is 0 Å². The third-order valence-electron chi connectivity index (χ3n) is 3.44. The third kappa shape index (κ3) is 2.88. The standard InChI is InChI=1S/C14H21N3O2/c1-11(2)16-8-9-17(14(16)18)13-6-4-3-5-12(13)7-10-19-15/h3-6,11H,7-10,15H2,1-2H3. The molecule has 1 fully saturated rings. The van der Waals surface area contributed by atoms with Gasteiger partial charge in [0, 0.05) is 24.8 Å². The maximum Gasteiger partial charge on any atom is 0.324 e. The number of para-hydroxylation sites is 1. The van der Waals surface area contributed by atoms with E-state index in [2.05, 4.69) is 4.84 Å². The van der Waals surface area contributed by atoms with E-state index in [0.29, 0.717) is 13.0 Å². The van der Waals surface area contributed by atoms with Crippen molar-refractivity contribution in [1.29, 1.82) is 0 Å². The van der Waals surface area contributed by atoms with Crippen LogP contribution in [0.1, 0.15) is 19.4 Å². The highest BCUT2D eigenvalue weighted by atomic mass is 16.6. The minimum absolute atomic E-state index is 0.0797. The first-order valence-electron chi connectivity index (χ1n) is 6.63. The molecule has 1 aromatic carbocycles. The molecule has 1 aliphatic heterocycles. The zero-order valence-corrected chi connectivity index (χ0v) is 11.5. The summed E-state index contributed by atoms with van der Waals surface area (Å²) in [5.41, 5.74) is 2.06. The van der Waals surface area contributed by atoms with E-state index in [-0.39, 0.29) is 12.1 Å². The number of nitrogens with two attached hydrogens (primary N) is 1. The predicted octanol–water partition coefficient (Wildman–Crippen LogP) is 1.77. The predicted molar refractivity (Wildman–Crippen MR) is 74.9 cm³/mol. The van der Waals surface area contributed by atoms with Crippen LogP contribution in [0.15, 0.2) is 24.3 Å². The van der Waals surface area contributed by atoms with Gasteiger partial charge in [0.25, 0.3) is 0 Å². The number of benzene rings is 1. The molecule has 0 unspecified atom stereocenters. The summed E-state index contributed by atoms with van der Waals surface area (Å²) >= 11 is 0. The first kappa shape index (κ1) is 13.8. The van der Waals surface area contributed by atoms with Crippen LogP contribution in [-0.2, 0) is 11.3 Å². The molecular weight excluding hydrogens is 242 g/mol. The summed E-state index contributed by atoms with van der Waals surface area (Å²) in [7, 11) is 0. The monoisotopic (exact) mass is 263 g/mol. The normalized spacial score (nSPS) is 15.7. The number of carbonyl (C=O) groups is 1. The number of hydrogen-bond acceptors (Lipinski definition) is 3. The number of hydrogen-bond donors (Lipinski definition) is 1. The van der Waals surface area contributed by atoms with E-state index in [4.69, 9.17) is 5.90 Å². The van der Waals surface area contributed by atoms with E-state index in [1.165, 1.54) is 0 Å². The number of amides is 2. The van der Waals surface area contributed by atoms with E-state index in [9.17, 15) is 4.79 Å². The van der Waals surface area contributed by atoms with Crippen LogP contribution in [0.5, 0.6) is 0 Å². The molecule has 0 spiro atoms. The van der Waals surface area contributed by atoms with Crippen molar-refractivity contribution < 1.29 is 9.63 Å². The Hall–Kier alpha value is -1.59. The fraction of sp³-hybridized carbons (Fsp3) is 0.500. The Morgan fingerprint density at radius 2 is 2.05 bits per heavy atom. The Labute approximate surface area is 113 Å². The van der Waals surface area contributed by atoms with Crippen molar-refractivity contribution in [3.8, 4) is 0 Å². The Morgan fingerprint density at radius 3 is 2.68 bits per heavy atom. The molecule has 0 saturated carbocycles. The third-order valence-corrected chi connectivity index (χ3v) is 3.44. The van der Waals surface area contributed by atoms with Gasteiger partial charge in [-0.2, -0.15) is 0 Å². The zero-order chi connectivity index (χ0) is 13.8. The van der Waals surface area contributed by atoms with Gasteiger partial charge in [-0.25, -0.2) is 10.7 Å². The van der Waals surface area contributed by atoms with Crippen LogP contribution in [0.2, 0.25) is 0 Å². The van der Waals surface area contributed by atoms with Gasteiger partial charge < -0.3 is 9.74 Å². The van der Waals surface area contributed by atoms with Crippen LogP contribution in [0.25, 0.3) is 0 Å². The summed E-state index contributed by atoms with van der Waals surface area (Å²) in [6, 6.07) is 8.23. The minimum atomic E-state index is 0.0797. The summed E-state index contributed by atoms with van der Waals surface area (Å²) in [6.45, 7) is 6.04. The van der Waals surface area contributed by atoms with E-state index < -0.39 is 0 Å². The molecule has 5 heteroatoms. The maximum absolute atomic E-state index is 12.4. The SMILES string of the molecule is CC(C)N1CCN(c2ccccc2CCON)C1=O. The Bertz CT molecular complexity index is 448. The summed E-state index contributed by atoms with van der Waals surface area (Å²) in [4.78, 5) is 20.7. The molecule has 104 valence electrons. The highest BCUT2D eigenvalue weighted by Crippen LogP contribution is 2.25. The average molecular weight is 263 g/mol. The van der Waals surface area contributed by atoms with Gasteiger partial charge in [0.05, 0.1) is 6.61 Å². The van der Waals surface area contributed by atoms with Crippen molar-refractivity contribution in [3.05, 3.63) is 29.8 Å². The van der Waals surface area contributed by atoms with Gasteiger partial charge in [0.15, 0.2) is 0 Å². The highest BCUT2D eigenvalue weighted by Gasteiger charge is 2.31. The summed E-state index contributed by atoms with van der Waals surface area (Å²) in [6.07, 6.45) is 0.706. The molecular formula is C14H21N3O2. The molecule has 1 aromatic rings. The molecule has 5 nitrogen and oxygen atoms in total. The van der Waals surface area contributed by atoms with Crippen LogP contribution in [-0.4, -0.2) is 36.7 Å². The van der Waals surface area contributed by atoms with E-state index in [1.54, 1.807) is 0 Å². The molecule has 2 N–H and O–H groups in total. The summed E-state index contributed by atoms with van der Waals surface area (Å²) < 4.78 is 0. The second-order valence-corrected chi connectivity index (χ2v) is 4.97. The average Bonchev–Trinajstić information content (AvgIpc) is 2.78. The fourth-order valence-electron chi connectivity index (χ4n) is 2.41. The lowest BCUT2D eigenvalue weighted by Crippen LogP contribution is -2.36. The van der Waals surface area contributed by atoms with Crippen molar-refractivity contribution in [2.75, 3.05) is 24.6 Å². The lowest BCUT2D eigenvalue weighted by atomic mass is 10.1. The van der Waals surface area contributed by atoms with E-state index >= 15 is 0 Å². The number of urea groups is 1. The van der Waals surface area contributed by atoms with Gasteiger partial charge >= 0.3 is 6.03 Å². The summed E-state index contributed by atoms with van der Waals surface area (Å²) in [5, 5.41) is 0. The topological polar surface area (TPSA) is 58.8 Å². The molecule has 0 radical (unpaired) electrons. The van der Waals surface area contributed by atoms with Crippen molar-refractivity contribution in [3.63, 3.8) is 0 Å².